The highest BCUT2D eigenvalue weighted by atomic mass is 79.9. The number of halogens is 1. The number of hydrogen-bond acceptors (Lipinski definition) is 6. The third kappa shape index (κ3) is 4.79. The van der Waals surface area contributed by atoms with Crippen LogP contribution in [0.2, 0.25) is 0 Å². The summed E-state index contributed by atoms with van der Waals surface area (Å²) < 4.78 is 27.0. The molecule has 0 saturated heterocycles. The maximum Gasteiger partial charge on any atom is 0.303 e. The maximum absolute atomic E-state index is 13.6. The van der Waals surface area contributed by atoms with Crippen LogP contribution in [-0.2, 0) is 26.1 Å². The Morgan fingerprint density at radius 2 is 1.44 bits per heavy atom. The van der Waals surface area contributed by atoms with Crippen LogP contribution < -0.4 is 0 Å². The third-order valence-corrected chi connectivity index (χ3v) is 6.82. The number of sulfonamides is 1. The Kier molecular flexibility index (Phi) is 7.65. The molecule has 0 aliphatic heterocycles. The van der Waals surface area contributed by atoms with Gasteiger partial charge in [-0.05, 0) is 36.2 Å². The van der Waals surface area contributed by atoms with E-state index in [-0.39, 0.29) is 40.3 Å². The van der Waals surface area contributed by atoms with Crippen LogP contribution in [-0.4, -0.2) is 42.0 Å². The van der Waals surface area contributed by atoms with E-state index in [2.05, 4.69) is 4.98 Å². The van der Waals surface area contributed by atoms with Crippen molar-refractivity contribution in [1.29, 1.82) is 0 Å². The first-order valence-electron chi connectivity index (χ1n) is 10.0. The largest absolute Gasteiger partial charge is 0.481 e. The van der Waals surface area contributed by atoms with Crippen LogP contribution in [0.1, 0.15) is 22.3 Å². The quantitative estimate of drug-likeness (QED) is 0.271. The molecule has 1 heterocycles. The molecule has 0 atom stereocenters. The van der Waals surface area contributed by atoms with Crippen molar-refractivity contribution < 1.29 is 28.0 Å². The second-order valence-corrected chi connectivity index (χ2v) is 9.03. The molecule has 0 radical (unpaired) electrons. The Balaban J connectivity index is 0.00000324. The van der Waals surface area contributed by atoms with Gasteiger partial charge in [-0.25, -0.2) is 4.98 Å². The van der Waals surface area contributed by atoms with Crippen molar-refractivity contribution in [2.75, 3.05) is 7.11 Å². The molecule has 0 unspecified atom stereocenters. The van der Waals surface area contributed by atoms with Gasteiger partial charge in [-0.1, -0.05) is 48.5 Å². The number of hydrogen-bond donors (Lipinski definition) is 1. The molecule has 4 aromatic rings. The van der Waals surface area contributed by atoms with E-state index < -0.39 is 21.9 Å². The number of aryl methyl sites for hydroxylation is 1. The van der Waals surface area contributed by atoms with Gasteiger partial charge in [-0.2, -0.15) is 8.42 Å². The summed E-state index contributed by atoms with van der Waals surface area (Å²) in [4.78, 5) is 33.9. The van der Waals surface area contributed by atoms with Gasteiger partial charge in [0.1, 0.15) is 0 Å². The first kappa shape index (κ1) is 25.3. The van der Waals surface area contributed by atoms with Gasteiger partial charge >= 0.3 is 5.97 Å². The van der Waals surface area contributed by atoms with Crippen molar-refractivity contribution in [3.8, 4) is 0 Å². The Labute approximate surface area is 206 Å². The zero-order chi connectivity index (χ0) is 23.6. The zero-order valence-corrected chi connectivity index (χ0v) is 20.6. The topological polar surface area (TPSA) is 114 Å². The number of para-hydroxylation sites is 2. The third-order valence-electron chi connectivity index (χ3n) is 5.20. The average molecular weight is 545 g/mol. The summed E-state index contributed by atoms with van der Waals surface area (Å²) in [5, 5.41) is 9.83. The van der Waals surface area contributed by atoms with Gasteiger partial charge in [-0.15, -0.1) is 21.4 Å². The summed E-state index contributed by atoms with van der Waals surface area (Å²) in [5.74, 6) is -1.79. The highest BCUT2D eigenvalue weighted by Crippen LogP contribution is 2.29. The fourth-order valence-corrected chi connectivity index (χ4v) is 4.80. The minimum atomic E-state index is -4.36. The Morgan fingerprint density at radius 1 is 0.912 bits per heavy atom. The molecular formula is C24H21BrN2O6S. The minimum absolute atomic E-state index is 0. The summed E-state index contributed by atoms with van der Waals surface area (Å²) in [6, 6.07) is 19.7. The smallest absolute Gasteiger partial charge is 0.303 e. The lowest BCUT2D eigenvalue weighted by Crippen LogP contribution is -2.36. The molecule has 3 aromatic carbocycles. The first-order chi connectivity index (χ1) is 15.8. The maximum atomic E-state index is 13.6. The van der Waals surface area contributed by atoms with Crippen LogP contribution in [0.5, 0.6) is 0 Å². The number of aliphatic carboxylic acids is 1. The number of aromatic nitrogens is 1. The van der Waals surface area contributed by atoms with Crippen LogP contribution in [0, 0.1) is 0 Å². The number of rotatable bonds is 7. The molecule has 0 fully saturated rings. The summed E-state index contributed by atoms with van der Waals surface area (Å²) in [5.41, 5.74) is 1.93. The van der Waals surface area contributed by atoms with Crippen molar-refractivity contribution in [2.24, 2.45) is 0 Å². The van der Waals surface area contributed by atoms with Crippen LogP contribution in [0.3, 0.4) is 0 Å². The van der Waals surface area contributed by atoms with E-state index in [9.17, 15) is 18.0 Å². The summed E-state index contributed by atoms with van der Waals surface area (Å²) in [6.07, 6.45) is 0.189. The highest BCUT2D eigenvalue weighted by molar-refractivity contribution is 8.93. The summed E-state index contributed by atoms with van der Waals surface area (Å²) in [7, 11) is -3.25. The molecular weight excluding hydrogens is 524 g/mol. The SMILES string of the molecule is Br.CON(C(=O)c1c2ccccc2nc2ccccc12)S(=O)(=O)c1ccc(CCC(=O)O)cc1. The van der Waals surface area contributed by atoms with Crippen molar-refractivity contribution in [3.05, 3.63) is 83.9 Å². The van der Waals surface area contributed by atoms with Gasteiger partial charge in [-0.3, -0.25) is 14.4 Å². The number of carbonyl (C=O) groups is 2. The van der Waals surface area contributed by atoms with E-state index in [1.165, 1.54) is 24.3 Å². The van der Waals surface area contributed by atoms with E-state index in [0.29, 0.717) is 31.8 Å². The summed E-state index contributed by atoms with van der Waals surface area (Å²) >= 11 is 0. The molecule has 0 saturated carbocycles. The van der Waals surface area contributed by atoms with Crippen LogP contribution in [0.4, 0.5) is 0 Å². The molecule has 0 bridgehead atoms. The lowest BCUT2D eigenvalue weighted by atomic mass is 10.0. The molecule has 0 spiro atoms. The number of hydroxylamine groups is 1. The standard InChI is InChI=1S/C24H20N2O6S.BrH/c1-32-26(33(30,31)17-13-10-16(11-14-17)12-15-22(27)28)24(29)23-18-6-2-4-8-20(18)25-21-9-5-3-7-19(21)23;/h2-11,13-14H,12,15H2,1H3,(H,27,28);1H. The Hall–Kier alpha value is -3.34. The van der Waals surface area contributed by atoms with E-state index in [1.54, 1.807) is 48.5 Å². The zero-order valence-electron chi connectivity index (χ0n) is 18.0. The highest BCUT2D eigenvalue weighted by Gasteiger charge is 2.33. The van der Waals surface area contributed by atoms with Crippen molar-refractivity contribution >= 4 is 60.7 Å². The van der Waals surface area contributed by atoms with E-state index in [4.69, 9.17) is 9.94 Å². The van der Waals surface area contributed by atoms with Gasteiger partial charge < -0.3 is 5.11 Å². The normalized spacial score (nSPS) is 11.2. The van der Waals surface area contributed by atoms with E-state index in [1.807, 2.05) is 0 Å². The van der Waals surface area contributed by atoms with Crippen LogP contribution in [0.25, 0.3) is 21.8 Å². The summed E-state index contributed by atoms with van der Waals surface area (Å²) in [6.45, 7) is 0. The fourth-order valence-electron chi connectivity index (χ4n) is 3.63. The molecule has 1 N–H and O–H groups in total. The first-order valence-corrected chi connectivity index (χ1v) is 11.5. The number of nitrogens with zero attached hydrogens (tertiary/aromatic N) is 2. The van der Waals surface area contributed by atoms with Gasteiger partial charge in [0.15, 0.2) is 0 Å². The molecule has 1 aromatic heterocycles. The number of amides is 1. The van der Waals surface area contributed by atoms with Crippen LogP contribution >= 0.6 is 17.0 Å². The van der Waals surface area contributed by atoms with Crippen LogP contribution in [0.15, 0.2) is 77.7 Å². The average Bonchev–Trinajstić information content (AvgIpc) is 2.81. The minimum Gasteiger partial charge on any atom is -0.481 e. The molecule has 1 amide bonds. The number of fused-ring (bicyclic) bond motifs is 2. The molecule has 4 rings (SSSR count). The van der Waals surface area contributed by atoms with Gasteiger partial charge in [0, 0.05) is 17.2 Å². The van der Waals surface area contributed by atoms with Gasteiger partial charge in [0.05, 0.1) is 28.6 Å². The van der Waals surface area contributed by atoms with Crippen molar-refractivity contribution in [3.63, 3.8) is 0 Å². The molecule has 0 aliphatic rings. The van der Waals surface area contributed by atoms with Crippen molar-refractivity contribution in [2.45, 2.75) is 17.7 Å². The fraction of sp³-hybridized carbons (Fsp3) is 0.125. The number of carboxylic acid groups (broad SMARTS) is 1. The lowest BCUT2D eigenvalue weighted by Gasteiger charge is -2.21. The lowest BCUT2D eigenvalue weighted by molar-refractivity contribution is -0.136. The Bertz CT molecular complexity index is 1420. The van der Waals surface area contributed by atoms with E-state index in [0.717, 1.165) is 7.11 Å². The number of pyridine rings is 1. The Morgan fingerprint density at radius 3 is 1.94 bits per heavy atom. The van der Waals surface area contributed by atoms with Gasteiger partial charge in [0.2, 0.25) is 0 Å². The molecule has 10 heteroatoms. The molecule has 176 valence electrons. The predicted octanol–water partition coefficient (Wildman–Crippen LogP) is 4.38. The molecule has 8 nitrogen and oxygen atoms in total. The molecule has 0 aliphatic carbocycles. The van der Waals surface area contributed by atoms with E-state index >= 15 is 0 Å². The second-order valence-electron chi connectivity index (χ2n) is 7.28. The monoisotopic (exact) mass is 544 g/mol. The molecule has 34 heavy (non-hydrogen) atoms. The predicted molar refractivity (Wildman–Crippen MR) is 132 cm³/mol. The second kappa shape index (κ2) is 10.3. The van der Waals surface area contributed by atoms with Gasteiger partial charge in [0.25, 0.3) is 15.9 Å². The number of carbonyl (C=O) groups excluding carboxylic acids is 1. The number of carboxylic acids is 1. The number of benzene rings is 3. The van der Waals surface area contributed by atoms with Crippen molar-refractivity contribution in [1.82, 2.24) is 9.45 Å².